The molecule has 0 amide bonds. The van der Waals surface area contributed by atoms with Crippen LogP contribution in [-0.2, 0) is 16.4 Å². The van der Waals surface area contributed by atoms with Crippen LogP contribution in [0.5, 0.6) is 0 Å². The number of aromatic nitrogens is 2. The molecule has 2 saturated carbocycles. The van der Waals surface area contributed by atoms with Crippen LogP contribution < -0.4 is 0 Å². The third kappa shape index (κ3) is 4.43. The van der Waals surface area contributed by atoms with Crippen LogP contribution in [0.4, 0.5) is 8.78 Å². The summed E-state index contributed by atoms with van der Waals surface area (Å²) in [5, 5.41) is 4.39. The topological polar surface area (TPSA) is 55.2 Å². The van der Waals surface area contributed by atoms with Crippen LogP contribution in [0.3, 0.4) is 0 Å². The van der Waals surface area contributed by atoms with Crippen molar-refractivity contribution in [3.8, 4) is 5.69 Å². The highest BCUT2D eigenvalue weighted by Gasteiger charge is 2.47. The lowest BCUT2D eigenvalue weighted by Gasteiger charge is -2.38. The van der Waals surface area contributed by atoms with Gasteiger partial charge in [0.05, 0.1) is 27.5 Å². The van der Waals surface area contributed by atoms with Crippen LogP contribution in [0, 0.1) is 28.9 Å². The normalized spacial score (nSPS) is 23.2. The monoisotopic (exact) mass is 543 g/mol. The van der Waals surface area contributed by atoms with E-state index in [4.69, 9.17) is 11.6 Å². The van der Waals surface area contributed by atoms with Crippen LogP contribution in [0.25, 0.3) is 11.8 Å². The molecule has 3 aliphatic carbocycles. The van der Waals surface area contributed by atoms with Crippen LogP contribution in [0.2, 0.25) is 5.02 Å². The van der Waals surface area contributed by atoms with Crippen molar-refractivity contribution in [1.82, 2.24) is 14.1 Å². The van der Waals surface area contributed by atoms with E-state index in [2.05, 4.69) is 18.1 Å². The first-order valence-electron chi connectivity index (χ1n) is 12.6. The molecule has 0 spiro atoms. The number of halogens is 3. The summed E-state index contributed by atoms with van der Waals surface area (Å²) in [7, 11) is -3.83. The standard InChI is InChI=1S/C28H28ClF2N3O2S/c1-28-14-19-15-32-34(23-8-6-22(30)7-9-23)27(19)12-20(28)4-5-21(28)17-33(16-18-2-3-18)37(35,36)24-10-11-26(31)25(29)13-24/h6-13,15,18,21H,2-5,14,16-17H2,1H3/t21-,28+/m1/s1. The summed E-state index contributed by atoms with van der Waals surface area (Å²) in [5.74, 6) is -0.429. The molecule has 37 heavy (non-hydrogen) atoms. The number of fused-ring (bicyclic) bond motifs is 2. The van der Waals surface area contributed by atoms with Gasteiger partial charge in [0.15, 0.2) is 0 Å². The largest absolute Gasteiger partial charge is 0.243 e. The average molecular weight is 544 g/mol. The van der Waals surface area contributed by atoms with E-state index in [1.165, 1.54) is 29.8 Å². The summed E-state index contributed by atoms with van der Waals surface area (Å²) >= 11 is 5.94. The second-order valence-corrected chi connectivity index (χ2v) is 13.1. The summed E-state index contributed by atoms with van der Waals surface area (Å²) in [5.41, 5.74) is 4.01. The van der Waals surface area contributed by atoms with Crippen LogP contribution >= 0.6 is 11.6 Å². The molecular weight excluding hydrogens is 516 g/mol. The van der Waals surface area contributed by atoms with E-state index in [9.17, 15) is 17.2 Å². The molecule has 2 aromatic carbocycles. The summed E-state index contributed by atoms with van der Waals surface area (Å²) in [6.07, 6.45) is 8.64. The molecule has 0 radical (unpaired) electrons. The van der Waals surface area contributed by atoms with Crippen molar-refractivity contribution in [2.75, 3.05) is 13.1 Å². The van der Waals surface area contributed by atoms with Gasteiger partial charge in [-0.1, -0.05) is 24.1 Å². The Morgan fingerprint density at radius 3 is 2.57 bits per heavy atom. The number of rotatable bonds is 7. The van der Waals surface area contributed by atoms with Crippen molar-refractivity contribution in [2.45, 2.75) is 43.9 Å². The smallest absolute Gasteiger partial charge is 0.233 e. The van der Waals surface area contributed by atoms with Gasteiger partial charge in [0.1, 0.15) is 11.6 Å². The molecular formula is C28H28ClF2N3O2S. The molecule has 0 N–H and O–H groups in total. The Kier molecular flexibility index (Phi) is 6.05. The van der Waals surface area contributed by atoms with E-state index in [0.717, 1.165) is 55.1 Å². The van der Waals surface area contributed by atoms with Crippen molar-refractivity contribution in [3.63, 3.8) is 0 Å². The SMILES string of the molecule is C[C@]12Cc3cnn(-c4ccc(F)cc4)c3C=C1CC[C@@H]2CN(CC1CC1)S(=O)(=O)c1ccc(F)c(Cl)c1. The first-order valence-corrected chi connectivity index (χ1v) is 14.5. The fourth-order valence-corrected chi connectivity index (χ4v) is 7.74. The number of hydrogen-bond acceptors (Lipinski definition) is 3. The molecule has 2 fully saturated rings. The molecule has 2 atom stereocenters. The second-order valence-electron chi connectivity index (χ2n) is 10.8. The van der Waals surface area contributed by atoms with Crippen LogP contribution in [0.1, 0.15) is 43.9 Å². The van der Waals surface area contributed by atoms with Gasteiger partial charge in [-0.3, -0.25) is 0 Å². The number of sulfonamides is 1. The maximum Gasteiger partial charge on any atom is 0.243 e. The molecule has 0 unspecified atom stereocenters. The molecule has 9 heteroatoms. The second kappa shape index (κ2) is 9.03. The quantitative estimate of drug-likeness (QED) is 0.353. The first-order chi connectivity index (χ1) is 17.6. The number of hydrogen-bond donors (Lipinski definition) is 0. The predicted molar refractivity (Wildman–Crippen MR) is 139 cm³/mol. The van der Waals surface area contributed by atoms with Gasteiger partial charge in [-0.05, 0) is 103 Å². The van der Waals surface area contributed by atoms with Gasteiger partial charge >= 0.3 is 0 Å². The molecule has 0 bridgehead atoms. The highest BCUT2D eigenvalue weighted by atomic mass is 35.5. The fraction of sp³-hybridized carbons (Fsp3) is 0.393. The molecule has 0 aliphatic heterocycles. The maximum absolute atomic E-state index is 13.8. The molecule has 1 heterocycles. The fourth-order valence-electron chi connectivity index (χ4n) is 5.91. The number of nitrogens with zero attached hydrogens (tertiary/aromatic N) is 3. The molecule has 0 saturated heterocycles. The highest BCUT2D eigenvalue weighted by Crippen LogP contribution is 2.53. The minimum Gasteiger partial charge on any atom is -0.233 e. The summed E-state index contributed by atoms with van der Waals surface area (Å²) < 4.78 is 58.0. The summed E-state index contributed by atoms with van der Waals surface area (Å²) in [4.78, 5) is 0.0324. The Balaban J connectivity index is 1.29. The van der Waals surface area contributed by atoms with E-state index >= 15 is 0 Å². The Labute approximate surface area is 220 Å². The predicted octanol–water partition coefficient (Wildman–Crippen LogP) is 6.26. The lowest BCUT2D eigenvalue weighted by molar-refractivity contribution is 0.218. The Bertz CT molecular complexity index is 1500. The van der Waals surface area contributed by atoms with Crippen LogP contribution in [-0.4, -0.2) is 35.6 Å². The summed E-state index contributed by atoms with van der Waals surface area (Å²) in [6, 6.07) is 9.92. The Morgan fingerprint density at radius 2 is 1.86 bits per heavy atom. The van der Waals surface area contributed by atoms with Gasteiger partial charge in [0.2, 0.25) is 10.0 Å². The van der Waals surface area contributed by atoms with E-state index in [-0.39, 0.29) is 27.1 Å². The highest BCUT2D eigenvalue weighted by molar-refractivity contribution is 7.89. The molecule has 3 aliphatic rings. The zero-order valence-electron chi connectivity index (χ0n) is 20.5. The van der Waals surface area contributed by atoms with Gasteiger partial charge in [-0.15, -0.1) is 0 Å². The van der Waals surface area contributed by atoms with E-state index in [1.54, 1.807) is 16.4 Å². The van der Waals surface area contributed by atoms with Crippen molar-refractivity contribution in [1.29, 1.82) is 0 Å². The van der Waals surface area contributed by atoms with Gasteiger partial charge in [-0.2, -0.15) is 9.40 Å². The molecule has 3 aromatic rings. The maximum atomic E-state index is 13.8. The van der Waals surface area contributed by atoms with Gasteiger partial charge in [0.25, 0.3) is 0 Å². The molecule has 194 valence electrons. The third-order valence-electron chi connectivity index (χ3n) is 8.33. The number of benzene rings is 2. The molecule has 6 rings (SSSR count). The minimum atomic E-state index is -3.83. The number of allylic oxidation sites excluding steroid dienone is 1. The first kappa shape index (κ1) is 24.8. The van der Waals surface area contributed by atoms with Crippen molar-refractivity contribution < 1.29 is 17.2 Å². The average Bonchev–Trinajstić information content (AvgIpc) is 3.52. The van der Waals surface area contributed by atoms with Crippen molar-refractivity contribution >= 4 is 27.7 Å². The molecule has 1 aromatic heterocycles. The Morgan fingerprint density at radius 1 is 1.11 bits per heavy atom. The lowest BCUT2D eigenvalue weighted by Crippen LogP contribution is -2.41. The van der Waals surface area contributed by atoms with Gasteiger partial charge < -0.3 is 0 Å². The third-order valence-corrected chi connectivity index (χ3v) is 10.5. The summed E-state index contributed by atoms with van der Waals surface area (Å²) in [6.45, 7) is 3.10. The van der Waals surface area contributed by atoms with Crippen molar-refractivity contribution in [3.05, 3.63) is 82.1 Å². The Hall–Kier alpha value is -2.55. The van der Waals surface area contributed by atoms with Crippen LogP contribution in [0.15, 0.2) is 59.1 Å². The zero-order chi connectivity index (χ0) is 25.9. The van der Waals surface area contributed by atoms with E-state index in [0.29, 0.717) is 19.0 Å². The zero-order valence-corrected chi connectivity index (χ0v) is 22.1. The molecule has 5 nitrogen and oxygen atoms in total. The lowest BCUT2D eigenvalue weighted by atomic mass is 9.70. The van der Waals surface area contributed by atoms with Crippen molar-refractivity contribution in [2.24, 2.45) is 17.3 Å². The van der Waals surface area contributed by atoms with E-state index in [1.807, 2.05) is 10.9 Å². The van der Waals surface area contributed by atoms with Gasteiger partial charge in [-0.25, -0.2) is 21.9 Å². The minimum absolute atomic E-state index is 0.0324. The van der Waals surface area contributed by atoms with E-state index < -0.39 is 15.8 Å². The van der Waals surface area contributed by atoms with Gasteiger partial charge in [0, 0.05) is 13.1 Å².